The monoisotopic (exact) mass is 564 g/mol. The number of halogens is 1. The molecule has 1 heterocycles. The van der Waals surface area contributed by atoms with Gasteiger partial charge >= 0.3 is 0 Å². The van der Waals surface area contributed by atoms with Crippen LogP contribution in [0.2, 0.25) is 0 Å². The molecule has 1 aliphatic heterocycles. The highest BCUT2D eigenvalue weighted by molar-refractivity contribution is 14.1. The van der Waals surface area contributed by atoms with E-state index < -0.39 is 11.8 Å². The number of thiocarbonyl (C=S) groups is 1. The molecule has 0 saturated carbocycles. The lowest BCUT2D eigenvalue weighted by atomic mass is 10.0. The molecule has 2 amide bonds. The molecule has 3 rings (SSSR count). The van der Waals surface area contributed by atoms with Gasteiger partial charge in [0.05, 0.1) is 22.0 Å². The highest BCUT2D eigenvalue weighted by Crippen LogP contribution is 2.36. The van der Waals surface area contributed by atoms with Crippen LogP contribution in [-0.2, 0) is 9.59 Å². The number of rotatable bonds is 6. The van der Waals surface area contributed by atoms with Crippen LogP contribution in [-0.4, -0.2) is 29.6 Å². The Labute approximate surface area is 207 Å². The summed E-state index contributed by atoms with van der Waals surface area (Å²) in [6.45, 7) is 10.1. The maximum atomic E-state index is 13.4. The molecular formula is C24H25IN2O4S. The Morgan fingerprint density at radius 1 is 1.22 bits per heavy atom. The molecule has 0 atom stereocenters. The number of benzene rings is 2. The topological polar surface area (TPSA) is 67.9 Å². The van der Waals surface area contributed by atoms with Crippen molar-refractivity contribution in [1.82, 2.24) is 5.32 Å². The molecule has 0 spiro atoms. The number of aryl methyl sites for hydroxylation is 1. The van der Waals surface area contributed by atoms with Gasteiger partial charge in [0.2, 0.25) is 0 Å². The standard InChI is InChI=1S/C24H25IN2O4S/c1-6-30-20-12-16(11-18(25)21(20)31-13(2)3)10-17-22(28)26-24(32)27(23(17)29)19-9-7-8-14(4)15(19)5/h7-13H,6H2,1-5H3,(H,26,28,32)/b17-10+. The maximum Gasteiger partial charge on any atom is 0.270 e. The minimum atomic E-state index is -0.531. The Morgan fingerprint density at radius 2 is 1.94 bits per heavy atom. The summed E-state index contributed by atoms with van der Waals surface area (Å²) in [5, 5.41) is 2.70. The number of carbonyl (C=O) groups excluding carboxylic acids is 2. The summed E-state index contributed by atoms with van der Waals surface area (Å²) < 4.78 is 12.5. The normalized spacial score (nSPS) is 15.4. The second-order valence-corrected chi connectivity index (χ2v) is 9.16. The smallest absolute Gasteiger partial charge is 0.270 e. The van der Waals surface area contributed by atoms with Crippen LogP contribution in [0.25, 0.3) is 6.08 Å². The lowest BCUT2D eigenvalue weighted by Crippen LogP contribution is -2.54. The largest absolute Gasteiger partial charge is 0.490 e. The summed E-state index contributed by atoms with van der Waals surface area (Å²) in [6, 6.07) is 9.26. The zero-order valence-electron chi connectivity index (χ0n) is 18.6. The number of nitrogens with one attached hydrogen (secondary N) is 1. The van der Waals surface area contributed by atoms with E-state index in [1.807, 2.05) is 58.9 Å². The summed E-state index contributed by atoms with van der Waals surface area (Å²) >= 11 is 7.49. The summed E-state index contributed by atoms with van der Waals surface area (Å²) in [6.07, 6.45) is 1.53. The first-order chi connectivity index (χ1) is 15.1. The molecular weight excluding hydrogens is 539 g/mol. The Bertz CT molecular complexity index is 1130. The van der Waals surface area contributed by atoms with Gasteiger partial charge in [0.1, 0.15) is 5.57 Å². The van der Waals surface area contributed by atoms with Crippen molar-refractivity contribution < 1.29 is 19.1 Å². The van der Waals surface area contributed by atoms with E-state index in [0.717, 1.165) is 14.7 Å². The first-order valence-corrected chi connectivity index (χ1v) is 11.7. The first-order valence-electron chi connectivity index (χ1n) is 10.2. The molecule has 1 saturated heterocycles. The number of nitrogens with zero attached hydrogens (tertiary/aromatic N) is 1. The predicted octanol–water partition coefficient (Wildman–Crippen LogP) is 4.93. The first kappa shape index (κ1) is 24.2. The lowest BCUT2D eigenvalue weighted by Gasteiger charge is -2.30. The Hall–Kier alpha value is -2.46. The van der Waals surface area contributed by atoms with E-state index in [1.54, 1.807) is 12.1 Å². The quantitative estimate of drug-likeness (QED) is 0.234. The number of ether oxygens (including phenoxy) is 2. The van der Waals surface area contributed by atoms with Crippen molar-refractivity contribution >= 4 is 63.5 Å². The van der Waals surface area contributed by atoms with Crippen molar-refractivity contribution in [3.8, 4) is 11.5 Å². The van der Waals surface area contributed by atoms with E-state index in [1.165, 1.54) is 4.90 Å². The van der Waals surface area contributed by atoms with Gasteiger partial charge in [-0.3, -0.25) is 19.8 Å². The molecule has 0 unspecified atom stereocenters. The molecule has 0 radical (unpaired) electrons. The highest BCUT2D eigenvalue weighted by Gasteiger charge is 2.35. The van der Waals surface area contributed by atoms with E-state index in [4.69, 9.17) is 21.7 Å². The molecule has 8 heteroatoms. The van der Waals surface area contributed by atoms with Gasteiger partial charge in [-0.1, -0.05) is 12.1 Å². The molecule has 1 N–H and O–H groups in total. The molecule has 0 aromatic heterocycles. The molecule has 32 heavy (non-hydrogen) atoms. The molecule has 6 nitrogen and oxygen atoms in total. The van der Waals surface area contributed by atoms with E-state index >= 15 is 0 Å². The van der Waals surface area contributed by atoms with Crippen LogP contribution >= 0.6 is 34.8 Å². The van der Waals surface area contributed by atoms with Gasteiger partial charge in [0.15, 0.2) is 16.6 Å². The van der Waals surface area contributed by atoms with Crippen molar-refractivity contribution in [2.75, 3.05) is 11.5 Å². The van der Waals surface area contributed by atoms with Gasteiger partial charge in [0.25, 0.3) is 11.8 Å². The van der Waals surface area contributed by atoms with Crippen LogP contribution in [0.15, 0.2) is 35.9 Å². The van der Waals surface area contributed by atoms with Gasteiger partial charge in [0, 0.05) is 0 Å². The second kappa shape index (κ2) is 9.99. The summed E-state index contributed by atoms with van der Waals surface area (Å²) in [5.41, 5.74) is 3.24. The summed E-state index contributed by atoms with van der Waals surface area (Å²) in [7, 11) is 0. The van der Waals surface area contributed by atoms with Gasteiger partial charge < -0.3 is 9.47 Å². The fourth-order valence-electron chi connectivity index (χ4n) is 3.31. The molecule has 2 aromatic rings. The Kier molecular flexibility index (Phi) is 7.55. The number of anilines is 1. The van der Waals surface area contributed by atoms with Crippen molar-refractivity contribution in [2.24, 2.45) is 0 Å². The van der Waals surface area contributed by atoms with Gasteiger partial charge in [-0.2, -0.15) is 0 Å². The van der Waals surface area contributed by atoms with Gasteiger partial charge in [-0.15, -0.1) is 0 Å². The van der Waals surface area contributed by atoms with Crippen molar-refractivity contribution in [3.05, 3.63) is 56.2 Å². The highest BCUT2D eigenvalue weighted by atomic mass is 127. The van der Waals surface area contributed by atoms with Crippen LogP contribution < -0.4 is 19.7 Å². The maximum absolute atomic E-state index is 13.4. The van der Waals surface area contributed by atoms with Crippen LogP contribution in [0.1, 0.15) is 37.5 Å². The number of carbonyl (C=O) groups is 2. The zero-order valence-corrected chi connectivity index (χ0v) is 21.6. The van der Waals surface area contributed by atoms with E-state index in [9.17, 15) is 9.59 Å². The van der Waals surface area contributed by atoms with Crippen LogP contribution in [0.4, 0.5) is 5.69 Å². The van der Waals surface area contributed by atoms with Crippen molar-refractivity contribution in [3.63, 3.8) is 0 Å². The van der Waals surface area contributed by atoms with Crippen LogP contribution in [0, 0.1) is 17.4 Å². The SMILES string of the molecule is CCOc1cc(/C=C2\C(=O)NC(=S)N(c3cccc(C)c3C)C2=O)cc(I)c1OC(C)C. The van der Waals surface area contributed by atoms with E-state index in [-0.39, 0.29) is 16.8 Å². The number of amides is 2. The van der Waals surface area contributed by atoms with Crippen molar-refractivity contribution in [2.45, 2.75) is 40.7 Å². The number of hydrogen-bond donors (Lipinski definition) is 1. The lowest BCUT2D eigenvalue weighted by molar-refractivity contribution is -0.122. The Morgan fingerprint density at radius 3 is 2.59 bits per heavy atom. The average Bonchev–Trinajstić information content (AvgIpc) is 2.71. The minimum Gasteiger partial charge on any atom is -0.490 e. The van der Waals surface area contributed by atoms with Crippen molar-refractivity contribution in [1.29, 1.82) is 0 Å². The third kappa shape index (κ3) is 4.96. The number of hydrogen-bond acceptors (Lipinski definition) is 5. The summed E-state index contributed by atoms with van der Waals surface area (Å²) in [5.74, 6) is 0.202. The van der Waals surface area contributed by atoms with E-state index in [0.29, 0.717) is 29.4 Å². The molecule has 0 aliphatic carbocycles. The van der Waals surface area contributed by atoms with Gasteiger partial charge in [-0.05, 0) is 110 Å². The minimum absolute atomic E-state index is 0.00437. The third-order valence-corrected chi connectivity index (χ3v) is 6.00. The predicted molar refractivity (Wildman–Crippen MR) is 138 cm³/mol. The van der Waals surface area contributed by atoms with Gasteiger partial charge in [-0.25, -0.2) is 0 Å². The molecule has 0 bridgehead atoms. The third-order valence-electron chi connectivity index (χ3n) is 4.91. The fourth-order valence-corrected chi connectivity index (χ4v) is 4.33. The molecule has 1 aliphatic rings. The average molecular weight is 564 g/mol. The van der Waals surface area contributed by atoms with E-state index in [2.05, 4.69) is 27.9 Å². The Balaban J connectivity index is 2.07. The second-order valence-electron chi connectivity index (χ2n) is 7.61. The van der Waals surface area contributed by atoms with Crippen LogP contribution in [0.5, 0.6) is 11.5 Å². The zero-order chi connectivity index (χ0) is 23.6. The molecule has 1 fully saturated rings. The molecule has 2 aromatic carbocycles. The fraction of sp³-hybridized carbons (Fsp3) is 0.292. The molecule has 168 valence electrons. The van der Waals surface area contributed by atoms with Crippen LogP contribution in [0.3, 0.4) is 0 Å². The summed E-state index contributed by atoms with van der Waals surface area (Å²) in [4.78, 5) is 27.4.